The number of aromatic nitrogens is 1. The summed E-state index contributed by atoms with van der Waals surface area (Å²) in [6.07, 6.45) is -2.60. The van der Waals surface area contributed by atoms with Crippen LogP contribution in [-0.2, 0) is 0 Å². The number of nitrogens with zero attached hydrogens (tertiary/aromatic N) is 1. The van der Waals surface area contributed by atoms with Crippen molar-refractivity contribution in [2.24, 2.45) is 0 Å². The molecule has 0 unspecified atom stereocenters. The second-order valence-electron chi connectivity index (χ2n) is 3.01. The van der Waals surface area contributed by atoms with E-state index < -0.39 is 6.43 Å². The lowest BCUT2D eigenvalue weighted by molar-refractivity contribution is 0.151. The summed E-state index contributed by atoms with van der Waals surface area (Å²) in [5, 5.41) is 0.508. The molecule has 2 aromatic rings. The van der Waals surface area contributed by atoms with Gasteiger partial charge in [0.25, 0.3) is 6.43 Å². The number of fused-ring (bicyclic) bond motifs is 1. The number of rotatable bonds is 1. The maximum absolute atomic E-state index is 12.5. The lowest BCUT2D eigenvalue weighted by Gasteiger charge is -2.04. The lowest BCUT2D eigenvalue weighted by atomic mass is 10.2. The first-order valence-electron chi connectivity index (χ1n) is 4.12. The number of hydrogen-bond acceptors (Lipinski definition) is 1. The molecule has 0 atom stereocenters. The van der Waals surface area contributed by atoms with Crippen LogP contribution in [0, 0.1) is 0 Å². The predicted octanol–water partition coefficient (Wildman–Crippen LogP) is 4.59. The molecule has 0 radical (unpaired) electrons. The minimum atomic E-state index is -2.60. The maximum atomic E-state index is 12.5. The summed E-state index contributed by atoms with van der Waals surface area (Å²) >= 11 is 8.92. The fraction of sp³-hybridized carbons (Fsp3) is 0.100. The zero-order valence-electron chi connectivity index (χ0n) is 7.35. The monoisotopic (exact) mass is 291 g/mol. The SMILES string of the molecule is FC(F)c1cc2ccc(Br)cc2nc1Cl. The van der Waals surface area contributed by atoms with E-state index >= 15 is 0 Å². The quantitative estimate of drug-likeness (QED) is 0.701. The van der Waals surface area contributed by atoms with Gasteiger partial charge < -0.3 is 0 Å². The van der Waals surface area contributed by atoms with E-state index in [0.717, 1.165) is 4.47 Å². The van der Waals surface area contributed by atoms with Crippen LogP contribution in [0.25, 0.3) is 10.9 Å². The number of pyridine rings is 1. The van der Waals surface area contributed by atoms with Crippen LogP contribution in [0.2, 0.25) is 5.15 Å². The molecule has 0 spiro atoms. The Kier molecular flexibility index (Phi) is 2.89. The van der Waals surface area contributed by atoms with Gasteiger partial charge in [-0.1, -0.05) is 33.6 Å². The minimum Gasteiger partial charge on any atom is -0.236 e. The number of benzene rings is 1. The standard InChI is InChI=1S/C10H5BrClF2N/c11-6-2-1-5-3-7(10(13)14)9(12)15-8(5)4-6/h1-4,10H. The van der Waals surface area contributed by atoms with Gasteiger partial charge in [-0.15, -0.1) is 0 Å². The van der Waals surface area contributed by atoms with Crippen LogP contribution in [0.5, 0.6) is 0 Å². The van der Waals surface area contributed by atoms with Crippen molar-refractivity contribution in [2.75, 3.05) is 0 Å². The van der Waals surface area contributed by atoms with Crippen molar-refractivity contribution in [3.05, 3.63) is 39.5 Å². The third-order valence-electron chi connectivity index (χ3n) is 2.00. The molecule has 0 aliphatic carbocycles. The molecule has 0 saturated carbocycles. The average Bonchev–Trinajstić information content (AvgIpc) is 2.15. The molecular weight excluding hydrogens is 287 g/mol. The van der Waals surface area contributed by atoms with Gasteiger partial charge in [0, 0.05) is 9.86 Å². The molecule has 1 heterocycles. The summed E-state index contributed by atoms with van der Waals surface area (Å²) in [7, 11) is 0. The van der Waals surface area contributed by atoms with E-state index in [9.17, 15) is 8.78 Å². The molecule has 0 aliphatic rings. The molecule has 1 aromatic heterocycles. The van der Waals surface area contributed by atoms with Crippen molar-refractivity contribution < 1.29 is 8.78 Å². The summed E-state index contributed by atoms with van der Waals surface area (Å²) in [5.41, 5.74) is 0.366. The molecule has 0 N–H and O–H groups in total. The number of hydrogen-bond donors (Lipinski definition) is 0. The normalized spacial score (nSPS) is 11.3. The lowest BCUT2D eigenvalue weighted by Crippen LogP contribution is -1.90. The number of halogens is 4. The molecule has 1 nitrogen and oxygen atoms in total. The molecule has 5 heteroatoms. The van der Waals surface area contributed by atoms with Gasteiger partial charge in [0.15, 0.2) is 0 Å². The van der Waals surface area contributed by atoms with E-state index in [2.05, 4.69) is 20.9 Å². The molecule has 15 heavy (non-hydrogen) atoms. The Morgan fingerprint density at radius 2 is 2.00 bits per heavy atom. The second-order valence-corrected chi connectivity index (χ2v) is 4.28. The van der Waals surface area contributed by atoms with Crippen molar-refractivity contribution in [1.82, 2.24) is 4.98 Å². The van der Waals surface area contributed by atoms with E-state index in [1.54, 1.807) is 18.2 Å². The topological polar surface area (TPSA) is 12.9 Å². The molecule has 0 bridgehead atoms. The van der Waals surface area contributed by atoms with Gasteiger partial charge in [-0.05, 0) is 18.2 Å². The third-order valence-corrected chi connectivity index (χ3v) is 2.79. The van der Waals surface area contributed by atoms with E-state index in [0.29, 0.717) is 10.9 Å². The van der Waals surface area contributed by atoms with Crippen LogP contribution in [0.3, 0.4) is 0 Å². The molecule has 0 amide bonds. The highest BCUT2D eigenvalue weighted by Crippen LogP contribution is 2.29. The first kappa shape index (κ1) is 10.8. The van der Waals surface area contributed by atoms with Gasteiger partial charge >= 0.3 is 0 Å². The van der Waals surface area contributed by atoms with Gasteiger partial charge in [-0.2, -0.15) is 0 Å². The minimum absolute atomic E-state index is 0.143. The third kappa shape index (κ3) is 2.11. The van der Waals surface area contributed by atoms with Crippen LogP contribution in [0.1, 0.15) is 12.0 Å². The first-order chi connectivity index (χ1) is 7.08. The predicted molar refractivity (Wildman–Crippen MR) is 59.4 cm³/mol. The first-order valence-corrected chi connectivity index (χ1v) is 5.29. The van der Waals surface area contributed by atoms with Crippen molar-refractivity contribution in [2.45, 2.75) is 6.43 Å². The summed E-state index contributed by atoms with van der Waals surface area (Å²) < 4.78 is 25.8. The molecule has 0 aliphatic heterocycles. The Morgan fingerprint density at radius 1 is 1.27 bits per heavy atom. The molecule has 78 valence electrons. The van der Waals surface area contributed by atoms with Gasteiger partial charge in [-0.3, -0.25) is 0 Å². The number of alkyl halides is 2. The molecule has 0 fully saturated rings. The zero-order chi connectivity index (χ0) is 11.0. The van der Waals surface area contributed by atoms with Crippen molar-refractivity contribution in [3.63, 3.8) is 0 Å². The van der Waals surface area contributed by atoms with E-state index in [1.807, 2.05) is 0 Å². The van der Waals surface area contributed by atoms with E-state index in [1.165, 1.54) is 6.07 Å². The highest BCUT2D eigenvalue weighted by atomic mass is 79.9. The van der Waals surface area contributed by atoms with Crippen LogP contribution in [0.15, 0.2) is 28.7 Å². The van der Waals surface area contributed by atoms with E-state index in [-0.39, 0.29) is 10.7 Å². The fourth-order valence-corrected chi connectivity index (χ4v) is 1.86. The fourth-order valence-electron chi connectivity index (χ4n) is 1.29. The van der Waals surface area contributed by atoms with Crippen LogP contribution < -0.4 is 0 Å². The summed E-state index contributed by atoms with van der Waals surface area (Å²) in [5.74, 6) is 0. The van der Waals surface area contributed by atoms with Crippen LogP contribution in [0.4, 0.5) is 8.78 Å². The van der Waals surface area contributed by atoms with Gasteiger partial charge in [0.05, 0.1) is 11.1 Å². The van der Waals surface area contributed by atoms with Crippen molar-refractivity contribution in [3.8, 4) is 0 Å². The average molecular weight is 293 g/mol. The Labute approximate surface area is 98.2 Å². The largest absolute Gasteiger partial charge is 0.266 e. The summed E-state index contributed by atoms with van der Waals surface area (Å²) in [4.78, 5) is 3.91. The highest BCUT2D eigenvalue weighted by molar-refractivity contribution is 9.10. The Balaban J connectivity index is 2.71. The van der Waals surface area contributed by atoms with Gasteiger partial charge in [0.1, 0.15) is 5.15 Å². The molecule has 0 saturated heterocycles. The van der Waals surface area contributed by atoms with Gasteiger partial charge in [0.2, 0.25) is 0 Å². The van der Waals surface area contributed by atoms with Crippen LogP contribution in [-0.4, -0.2) is 4.98 Å². The highest BCUT2D eigenvalue weighted by Gasteiger charge is 2.14. The summed E-state index contributed by atoms with van der Waals surface area (Å²) in [6, 6.07) is 6.58. The smallest absolute Gasteiger partial charge is 0.236 e. The summed E-state index contributed by atoms with van der Waals surface area (Å²) in [6.45, 7) is 0. The molecular formula is C10H5BrClF2N. The Morgan fingerprint density at radius 3 is 2.67 bits per heavy atom. The van der Waals surface area contributed by atoms with Crippen LogP contribution >= 0.6 is 27.5 Å². The zero-order valence-corrected chi connectivity index (χ0v) is 9.69. The van der Waals surface area contributed by atoms with Gasteiger partial charge in [-0.25, -0.2) is 13.8 Å². The molecule has 1 aromatic carbocycles. The maximum Gasteiger partial charge on any atom is 0.266 e. The second kappa shape index (κ2) is 4.02. The van der Waals surface area contributed by atoms with Crippen molar-refractivity contribution >= 4 is 38.4 Å². The molecule has 2 rings (SSSR count). The Hall–Kier alpha value is -0.740. The Bertz CT molecular complexity index is 516. The van der Waals surface area contributed by atoms with E-state index in [4.69, 9.17) is 11.6 Å². The van der Waals surface area contributed by atoms with Crippen molar-refractivity contribution in [1.29, 1.82) is 0 Å².